The standard InChI is InChI=1S/C23H24N4O3/c1-14-5-8-19-16(11-14)13-20(24-19)22-25-21(26-30-22)9-10-27(3)23(28)18-7-6-17(29-4)12-15(18)2/h5-8,11-13,24H,9-10H2,1-4H3. The average Bonchev–Trinajstić information content (AvgIpc) is 3.37. The van der Waals surface area contributed by atoms with Crippen molar-refractivity contribution in [2.45, 2.75) is 20.3 Å². The zero-order valence-electron chi connectivity index (χ0n) is 17.5. The van der Waals surface area contributed by atoms with Crippen molar-refractivity contribution in [3.8, 4) is 17.3 Å². The van der Waals surface area contributed by atoms with Gasteiger partial charge in [0.2, 0.25) is 0 Å². The maximum Gasteiger partial charge on any atom is 0.274 e. The molecular weight excluding hydrogens is 380 g/mol. The van der Waals surface area contributed by atoms with Crippen molar-refractivity contribution < 1.29 is 14.1 Å². The van der Waals surface area contributed by atoms with Gasteiger partial charge in [0.1, 0.15) is 11.4 Å². The Morgan fingerprint density at radius 2 is 2.00 bits per heavy atom. The number of ether oxygens (including phenoxy) is 1. The molecule has 2 heterocycles. The molecule has 0 atom stereocenters. The Bertz CT molecular complexity index is 1210. The molecule has 154 valence electrons. The van der Waals surface area contributed by atoms with Crippen molar-refractivity contribution >= 4 is 16.8 Å². The summed E-state index contributed by atoms with van der Waals surface area (Å²) in [6, 6.07) is 13.6. The van der Waals surface area contributed by atoms with Gasteiger partial charge in [0.25, 0.3) is 11.8 Å². The van der Waals surface area contributed by atoms with E-state index in [4.69, 9.17) is 9.26 Å². The van der Waals surface area contributed by atoms with Gasteiger partial charge in [0, 0.05) is 36.5 Å². The molecule has 7 nitrogen and oxygen atoms in total. The van der Waals surface area contributed by atoms with E-state index in [0.29, 0.717) is 30.2 Å². The van der Waals surface area contributed by atoms with Crippen molar-refractivity contribution in [1.29, 1.82) is 0 Å². The predicted molar refractivity (Wildman–Crippen MR) is 115 cm³/mol. The molecule has 1 amide bonds. The molecule has 0 aliphatic rings. The molecule has 4 aromatic rings. The fourth-order valence-electron chi connectivity index (χ4n) is 3.41. The highest BCUT2D eigenvalue weighted by Gasteiger charge is 2.17. The minimum absolute atomic E-state index is 0.0511. The number of nitrogens with one attached hydrogen (secondary N) is 1. The van der Waals surface area contributed by atoms with Crippen LogP contribution in [0.3, 0.4) is 0 Å². The molecule has 0 aliphatic carbocycles. The average molecular weight is 404 g/mol. The number of rotatable bonds is 6. The quantitative estimate of drug-likeness (QED) is 0.522. The number of carbonyl (C=O) groups excluding carboxylic acids is 1. The second-order valence-corrected chi connectivity index (χ2v) is 7.45. The highest BCUT2D eigenvalue weighted by molar-refractivity contribution is 5.95. The summed E-state index contributed by atoms with van der Waals surface area (Å²) in [6.45, 7) is 4.44. The van der Waals surface area contributed by atoms with Crippen LogP contribution >= 0.6 is 0 Å². The highest BCUT2D eigenvalue weighted by atomic mass is 16.5. The summed E-state index contributed by atoms with van der Waals surface area (Å²) in [5.74, 6) is 1.69. The lowest BCUT2D eigenvalue weighted by Crippen LogP contribution is -2.29. The summed E-state index contributed by atoms with van der Waals surface area (Å²) in [5.41, 5.74) is 4.53. The Hall–Kier alpha value is -3.61. The number of nitrogens with zero attached hydrogens (tertiary/aromatic N) is 3. The first-order valence-corrected chi connectivity index (χ1v) is 9.77. The van der Waals surface area contributed by atoms with Crippen LogP contribution in [-0.2, 0) is 6.42 Å². The molecular formula is C23H24N4O3. The number of amides is 1. The van der Waals surface area contributed by atoms with Crippen LogP contribution in [0.15, 0.2) is 47.0 Å². The van der Waals surface area contributed by atoms with E-state index in [1.54, 1.807) is 31.2 Å². The summed E-state index contributed by atoms with van der Waals surface area (Å²) in [6.07, 6.45) is 0.500. The number of H-pyrrole nitrogens is 1. The summed E-state index contributed by atoms with van der Waals surface area (Å²) in [7, 11) is 3.38. The number of hydrogen-bond donors (Lipinski definition) is 1. The van der Waals surface area contributed by atoms with Gasteiger partial charge in [-0.2, -0.15) is 4.98 Å². The number of benzene rings is 2. The van der Waals surface area contributed by atoms with Crippen LogP contribution in [0.25, 0.3) is 22.5 Å². The Kier molecular flexibility index (Phi) is 5.27. The van der Waals surface area contributed by atoms with Gasteiger partial charge < -0.3 is 19.1 Å². The van der Waals surface area contributed by atoms with E-state index in [2.05, 4.69) is 34.2 Å². The molecule has 4 rings (SSSR count). The second-order valence-electron chi connectivity index (χ2n) is 7.45. The van der Waals surface area contributed by atoms with Crippen LogP contribution in [0, 0.1) is 13.8 Å². The molecule has 1 N–H and O–H groups in total. The number of likely N-dealkylation sites (N-methyl/N-ethyl adjacent to an activating group) is 1. The van der Waals surface area contributed by atoms with Crippen LogP contribution in [0.5, 0.6) is 5.75 Å². The number of methoxy groups -OCH3 is 1. The van der Waals surface area contributed by atoms with E-state index in [1.807, 2.05) is 25.1 Å². The molecule has 2 aromatic heterocycles. The first kappa shape index (κ1) is 19.7. The number of carbonyl (C=O) groups is 1. The smallest absolute Gasteiger partial charge is 0.274 e. The van der Waals surface area contributed by atoms with Crippen molar-refractivity contribution in [3.63, 3.8) is 0 Å². The number of hydrogen-bond acceptors (Lipinski definition) is 5. The summed E-state index contributed by atoms with van der Waals surface area (Å²) in [4.78, 5) is 22.2. The fourth-order valence-corrected chi connectivity index (χ4v) is 3.41. The highest BCUT2D eigenvalue weighted by Crippen LogP contribution is 2.24. The monoisotopic (exact) mass is 404 g/mol. The molecule has 30 heavy (non-hydrogen) atoms. The molecule has 0 spiro atoms. The van der Waals surface area contributed by atoms with E-state index in [9.17, 15) is 4.79 Å². The zero-order chi connectivity index (χ0) is 21.3. The van der Waals surface area contributed by atoms with Crippen molar-refractivity contribution in [2.24, 2.45) is 0 Å². The van der Waals surface area contributed by atoms with E-state index >= 15 is 0 Å². The SMILES string of the molecule is COc1ccc(C(=O)N(C)CCc2noc(-c3cc4cc(C)ccc4[nH]3)n2)c(C)c1. The lowest BCUT2D eigenvalue weighted by Gasteiger charge is -2.17. The second kappa shape index (κ2) is 8.02. The number of aryl methyl sites for hydroxylation is 2. The molecule has 2 aromatic carbocycles. The molecule has 0 bridgehead atoms. The number of aromatic amines is 1. The maximum absolute atomic E-state index is 12.8. The van der Waals surface area contributed by atoms with Gasteiger partial charge in [-0.3, -0.25) is 4.79 Å². The molecule has 7 heteroatoms. The first-order valence-electron chi connectivity index (χ1n) is 9.77. The van der Waals surface area contributed by atoms with Crippen LogP contribution < -0.4 is 4.74 Å². The Morgan fingerprint density at radius 1 is 1.17 bits per heavy atom. The fraction of sp³-hybridized carbons (Fsp3) is 0.261. The van der Waals surface area contributed by atoms with Crippen LogP contribution in [0.2, 0.25) is 0 Å². The lowest BCUT2D eigenvalue weighted by molar-refractivity contribution is 0.0795. The summed E-state index contributed by atoms with van der Waals surface area (Å²) in [5, 5.41) is 5.17. The minimum Gasteiger partial charge on any atom is -0.497 e. The molecule has 0 fully saturated rings. The van der Waals surface area contributed by atoms with Crippen molar-refractivity contribution in [1.82, 2.24) is 20.0 Å². The van der Waals surface area contributed by atoms with Crippen molar-refractivity contribution in [2.75, 3.05) is 20.7 Å². The van der Waals surface area contributed by atoms with E-state index in [-0.39, 0.29) is 5.91 Å². The van der Waals surface area contributed by atoms with E-state index < -0.39 is 0 Å². The third-order valence-electron chi connectivity index (χ3n) is 5.16. The predicted octanol–water partition coefficient (Wildman–Crippen LogP) is 4.16. The normalized spacial score (nSPS) is 11.1. The Morgan fingerprint density at radius 3 is 2.77 bits per heavy atom. The van der Waals surface area contributed by atoms with Gasteiger partial charge >= 0.3 is 0 Å². The first-order chi connectivity index (χ1) is 14.4. The van der Waals surface area contributed by atoms with Gasteiger partial charge in [-0.15, -0.1) is 0 Å². The largest absolute Gasteiger partial charge is 0.497 e. The zero-order valence-corrected chi connectivity index (χ0v) is 17.5. The minimum atomic E-state index is -0.0511. The van der Waals surface area contributed by atoms with Crippen LogP contribution in [0.1, 0.15) is 27.3 Å². The molecule has 0 radical (unpaired) electrons. The summed E-state index contributed by atoms with van der Waals surface area (Å²) < 4.78 is 10.6. The van der Waals surface area contributed by atoms with Gasteiger partial charge in [0.05, 0.1) is 7.11 Å². The number of aromatic nitrogens is 3. The third kappa shape index (κ3) is 3.91. The van der Waals surface area contributed by atoms with Crippen LogP contribution in [0.4, 0.5) is 0 Å². The van der Waals surface area contributed by atoms with E-state index in [1.165, 1.54) is 5.56 Å². The van der Waals surface area contributed by atoms with Crippen LogP contribution in [-0.4, -0.2) is 46.6 Å². The molecule has 0 saturated heterocycles. The Balaban J connectivity index is 1.43. The van der Waals surface area contributed by atoms with Gasteiger partial charge in [-0.25, -0.2) is 0 Å². The molecule has 0 unspecified atom stereocenters. The van der Waals surface area contributed by atoms with Gasteiger partial charge in [-0.1, -0.05) is 16.8 Å². The Labute approximate surface area is 174 Å². The number of fused-ring (bicyclic) bond motifs is 1. The molecule has 0 aliphatic heterocycles. The molecule has 0 saturated carbocycles. The van der Waals surface area contributed by atoms with E-state index in [0.717, 1.165) is 27.9 Å². The van der Waals surface area contributed by atoms with Gasteiger partial charge in [0.15, 0.2) is 5.82 Å². The topological polar surface area (TPSA) is 84.2 Å². The van der Waals surface area contributed by atoms with Crippen molar-refractivity contribution in [3.05, 3.63) is 65.0 Å². The third-order valence-corrected chi connectivity index (χ3v) is 5.16. The lowest BCUT2D eigenvalue weighted by atomic mass is 10.1. The summed E-state index contributed by atoms with van der Waals surface area (Å²) >= 11 is 0. The van der Waals surface area contributed by atoms with Gasteiger partial charge in [-0.05, 0) is 55.8 Å². The maximum atomic E-state index is 12.8.